The molecule has 100 valence electrons. The molecule has 1 heterocycles. The van der Waals surface area contributed by atoms with Gasteiger partial charge < -0.3 is 10.6 Å². The third-order valence-corrected chi connectivity index (χ3v) is 4.59. The topological polar surface area (TPSA) is 75.3 Å². The first-order valence-electron chi connectivity index (χ1n) is 6.24. The molecular formula is C11H22N2O3S. The van der Waals surface area contributed by atoms with Crippen molar-refractivity contribution in [1.82, 2.24) is 10.6 Å². The van der Waals surface area contributed by atoms with E-state index in [9.17, 15) is 13.2 Å². The van der Waals surface area contributed by atoms with Crippen LogP contribution in [-0.2, 0) is 14.6 Å². The van der Waals surface area contributed by atoms with Gasteiger partial charge in [-0.15, -0.1) is 0 Å². The summed E-state index contributed by atoms with van der Waals surface area (Å²) in [5.41, 5.74) is 0. The maximum Gasteiger partial charge on any atom is 0.219 e. The van der Waals surface area contributed by atoms with Crippen LogP contribution in [0.15, 0.2) is 0 Å². The molecule has 1 saturated heterocycles. The monoisotopic (exact) mass is 262 g/mol. The Labute approximate surface area is 103 Å². The SMILES string of the molecule is CCCC(=O)NCCCN[C@H]1CCS(=O)(=O)C1. The van der Waals surface area contributed by atoms with Gasteiger partial charge in [0, 0.05) is 19.0 Å². The first-order valence-corrected chi connectivity index (χ1v) is 8.06. The van der Waals surface area contributed by atoms with E-state index in [4.69, 9.17) is 0 Å². The number of hydrogen-bond donors (Lipinski definition) is 2. The average molecular weight is 262 g/mol. The maximum absolute atomic E-state index is 11.2. The molecule has 0 bridgehead atoms. The van der Waals surface area contributed by atoms with Gasteiger partial charge in [-0.25, -0.2) is 8.42 Å². The van der Waals surface area contributed by atoms with Crippen molar-refractivity contribution in [2.45, 2.75) is 38.6 Å². The fourth-order valence-electron chi connectivity index (χ4n) is 1.89. The smallest absolute Gasteiger partial charge is 0.219 e. The van der Waals surface area contributed by atoms with Crippen molar-refractivity contribution < 1.29 is 13.2 Å². The molecule has 0 radical (unpaired) electrons. The normalized spacial score (nSPS) is 22.5. The summed E-state index contributed by atoms with van der Waals surface area (Å²) in [6.45, 7) is 3.39. The Kier molecular flexibility index (Phi) is 5.91. The van der Waals surface area contributed by atoms with Crippen LogP contribution in [0, 0.1) is 0 Å². The van der Waals surface area contributed by atoms with Crippen LogP contribution in [0.3, 0.4) is 0 Å². The van der Waals surface area contributed by atoms with Gasteiger partial charge in [-0.3, -0.25) is 4.79 Å². The molecule has 2 N–H and O–H groups in total. The lowest BCUT2D eigenvalue weighted by molar-refractivity contribution is -0.121. The lowest BCUT2D eigenvalue weighted by Crippen LogP contribution is -2.33. The average Bonchev–Trinajstić information content (AvgIpc) is 2.58. The van der Waals surface area contributed by atoms with Gasteiger partial charge in [-0.05, 0) is 25.8 Å². The second-order valence-corrected chi connectivity index (χ2v) is 6.74. The highest BCUT2D eigenvalue weighted by Gasteiger charge is 2.26. The molecule has 0 saturated carbocycles. The van der Waals surface area contributed by atoms with Crippen molar-refractivity contribution in [3.8, 4) is 0 Å². The van der Waals surface area contributed by atoms with Gasteiger partial charge in [-0.2, -0.15) is 0 Å². The van der Waals surface area contributed by atoms with Crippen LogP contribution < -0.4 is 10.6 Å². The molecule has 0 aliphatic carbocycles. The quantitative estimate of drug-likeness (QED) is 0.637. The van der Waals surface area contributed by atoms with E-state index in [1.807, 2.05) is 6.92 Å². The Hall–Kier alpha value is -0.620. The summed E-state index contributed by atoms with van der Waals surface area (Å²) in [5.74, 6) is 0.656. The van der Waals surface area contributed by atoms with E-state index in [2.05, 4.69) is 10.6 Å². The number of rotatable bonds is 7. The van der Waals surface area contributed by atoms with E-state index in [1.54, 1.807) is 0 Å². The largest absolute Gasteiger partial charge is 0.356 e. The molecule has 5 nitrogen and oxygen atoms in total. The number of carbonyl (C=O) groups is 1. The van der Waals surface area contributed by atoms with E-state index in [-0.39, 0.29) is 17.7 Å². The molecule has 0 unspecified atom stereocenters. The molecule has 0 aromatic heterocycles. The minimum absolute atomic E-state index is 0.0935. The summed E-state index contributed by atoms with van der Waals surface area (Å²) in [6.07, 6.45) is 2.99. The summed E-state index contributed by atoms with van der Waals surface area (Å²) >= 11 is 0. The minimum Gasteiger partial charge on any atom is -0.356 e. The first kappa shape index (κ1) is 14.4. The van der Waals surface area contributed by atoms with E-state index in [0.717, 1.165) is 19.4 Å². The molecule has 1 aliphatic heterocycles. The van der Waals surface area contributed by atoms with Crippen molar-refractivity contribution in [3.63, 3.8) is 0 Å². The standard InChI is InChI=1S/C11H22N2O3S/c1-2-4-11(14)13-7-3-6-12-10-5-8-17(15,16)9-10/h10,12H,2-9H2,1H3,(H,13,14)/t10-/m0/s1. The van der Waals surface area contributed by atoms with Crippen molar-refractivity contribution in [1.29, 1.82) is 0 Å². The van der Waals surface area contributed by atoms with Gasteiger partial charge in [0.2, 0.25) is 5.91 Å². The fourth-order valence-corrected chi connectivity index (χ4v) is 3.60. The van der Waals surface area contributed by atoms with Gasteiger partial charge >= 0.3 is 0 Å². The number of sulfone groups is 1. The predicted molar refractivity (Wildman–Crippen MR) is 67.6 cm³/mol. The third kappa shape index (κ3) is 6.02. The van der Waals surface area contributed by atoms with Gasteiger partial charge in [0.05, 0.1) is 11.5 Å². The number of nitrogens with one attached hydrogen (secondary N) is 2. The number of hydrogen-bond acceptors (Lipinski definition) is 4. The van der Waals surface area contributed by atoms with Crippen LogP contribution in [0.4, 0.5) is 0 Å². The Morgan fingerprint density at radius 1 is 1.35 bits per heavy atom. The Bertz CT molecular complexity index is 341. The van der Waals surface area contributed by atoms with Gasteiger partial charge in [0.15, 0.2) is 9.84 Å². The zero-order valence-corrected chi connectivity index (χ0v) is 11.2. The molecule has 1 fully saturated rings. The zero-order valence-electron chi connectivity index (χ0n) is 10.4. The molecule has 1 atom stereocenters. The summed E-state index contributed by atoms with van der Waals surface area (Å²) in [7, 11) is -2.79. The molecule has 17 heavy (non-hydrogen) atoms. The van der Waals surface area contributed by atoms with Gasteiger partial charge in [0.25, 0.3) is 0 Å². The Balaban J connectivity index is 2.00. The molecule has 0 aromatic carbocycles. The fraction of sp³-hybridized carbons (Fsp3) is 0.909. The third-order valence-electron chi connectivity index (χ3n) is 2.82. The maximum atomic E-state index is 11.2. The highest BCUT2D eigenvalue weighted by Crippen LogP contribution is 2.10. The molecule has 0 aromatic rings. The van der Waals surface area contributed by atoms with Crippen molar-refractivity contribution in [2.75, 3.05) is 24.6 Å². The van der Waals surface area contributed by atoms with Gasteiger partial charge in [-0.1, -0.05) is 6.92 Å². The Morgan fingerprint density at radius 3 is 2.71 bits per heavy atom. The van der Waals surface area contributed by atoms with Crippen molar-refractivity contribution >= 4 is 15.7 Å². The summed E-state index contributed by atoms with van der Waals surface area (Å²) in [6, 6.07) is 0.103. The molecular weight excluding hydrogens is 240 g/mol. The molecule has 0 spiro atoms. The van der Waals surface area contributed by atoms with Crippen LogP contribution in [0.2, 0.25) is 0 Å². The van der Waals surface area contributed by atoms with E-state index in [0.29, 0.717) is 25.1 Å². The summed E-state index contributed by atoms with van der Waals surface area (Å²) < 4.78 is 22.4. The Morgan fingerprint density at radius 2 is 2.12 bits per heavy atom. The lowest BCUT2D eigenvalue weighted by atomic mass is 10.2. The van der Waals surface area contributed by atoms with E-state index >= 15 is 0 Å². The highest BCUT2D eigenvalue weighted by atomic mass is 32.2. The lowest BCUT2D eigenvalue weighted by Gasteiger charge is -2.10. The second-order valence-electron chi connectivity index (χ2n) is 4.51. The minimum atomic E-state index is -2.79. The first-order chi connectivity index (χ1) is 8.03. The molecule has 6 heteroatoms. The second kappa shape index (κ2) is 6.96. The van der Waals surface area contributed by atoms with Crippen LogP contribution in [-0.4, -0.2) is 45.0 Å². The van der Waals surface area contributed by atoms with Gasteiger partial charge in [0.1, 0.15) is 0 Å². The van der Waals surface area contributed by atoms with Crippen LogP contribution in [0.1, 0.15) is 32.6 Å². The van der Waals surface area contributed by atoms with Crippen molar-refractivity contribution in [3.05, 3.63) is 0 Å². The van der Waals surface area contributed by atoms with Crippen LogP contribution in [0.5, 0.6) is 0 Å². The van der Waals surface area contributed by atoms with E-state index < -0.39 is 9.84 Å². The van der Waals surface area contributed by atoms with Crippen LogP contribution in [0.25, 0.3) is 0 Å². The molecule has 1 rings (SSSR count). The van der Waals surface area contributed by atoms with Crippen molar-refractivity contribution in [2.24, 2.45) is 0 Å². The number of amides is 1. The number of carbonyl (C=O) groups excluding carboxylic acids is 1. The molecule has 1 amide bonds. The highest BCUT2D eigenvalue weighted by molar-refractivity contribution is 7.91. The summed E-state index contributed by atoms with van der Waals surface area (Å²) in [5, 5.41) is 6.04. The zero-order chi connectivity index (χ0) is 12.7. The molecule has 1 aliphatic rings. The summed E-state index contributed by atoms with van der Waals surface area (Å²) in [4.78, 5) is 11.1. The van der Waals surface area contributed by atoms with Crippen LogP contribution >= 0.6 is 0 Å². The predicted octanol–water partition coefficient (Wildman–Crippen LogP) is 0.0695. The van der Waals surface area contributed by atoms with E-state index in [1.165, 1.54) is 0 Å².